The van der Waals surface area contributed by atoms with Gasteiger partial charge in [-0.3, -0.25) is 0 Å². The SMILES string of the molecule is CCO[Si](CC)(OCC)c1ccccc1O. The van der Waals surface area contributed by atoms with Gasteiger partial charge in [-0.2, -0.15) is 0 Å². The van der Waals surface area contributed by atoms with E-state index in [1.54, 1.807) is 6.07 Å². The minimum absolute atomic E-state index is 0.276. The molecule has 0 unspecified atom stereocenters. The van der Waals surface area contributed by atoms with E-state index < -0.39 is 8.56 Å². The maximum absolute atomic E-state index is 9.91. The standard InChI is InChI=1S/C12H20O3Si/c1-4-14-16(6-3,15-5-2)12-10-8-7-9-11(12)13/h7-10,13H,4-6H2,1-3H3. The molecule has 0 saturated heterocycles. The van der Waals surface area contributed by atoms with Crippen LogP contribution in [0.2, 0.25) is 6.04 Å². The molecule has 0 aromatic heterocycles. The molecule has 1 aromatic rings. The van der Waals surface area contributed by atoms with Crippen LogP contribution in [0.25, 0.3) is 0 Å². The maximum atomic E-state index is 9.91. The molecule has 4 heteroatoms. The number of rotatable bonds is 6. The van der Waals surface area contributed by atoms with E-state index in [9.17, 15) is 5.11 Å². The van der Waals surface area contributed by atoms with Crippen molar-refractivity contribution >= 4 is 13.7 Å². The average Bonchev–Trinajstić information content (AvgIpc) is 2.29. The van der Waals surface area contributed by atoms with E-state index in [2.05, 4.69) is 0 Å². The Balaban J connectivity index is 3.13. The molecule has 0 atom stereocenters. The monoisotopic (exact) mass is 240 g/mol. The zero-order chi connectivity index (χ0) is 12.0. The first-order valence-corrected chi connectivity index (χ1v) is 7.79. The largest absolute Gasteiger partial charge is 0.508 e. The predicted octanol–water partition coefficient (Wildman–Crippen LogP) is 2.13. The molecule has 1 rings (SSSR count). The van der Waals surface area contributed by atoms with E-state index in [0.29, 0.717) is 13.2 Å². The summed E-state index contributed by atoms with van der Waals surface area (Å²) in [6, 6.07) is 8.10. The Kier molecular flexibility index (Phi) is 4.98. The van der Waals surface area contributed by atoms with Gasteiger partial charge in [0.25, 0.3) is 0 Å². The molecule has 0 heterocycles. The Labute approximate surface area is 98.3 Å². The summed E-state index contributed by atoms with van der Waals surface area (Å²) in [4.78, 5) is 0. The lowest BCUT2D eigenvalue weighted by Gasteiger charge is -2.29. The second-order valence-electron chi connectivity index (χ2n) is 3.49. The summed E-state index contributed by atoms with van der Waals surface area (Å²) >= 11 is 0. The Morgan fingerprint density at radius 3 is 2.06 bits per heavy atom. The third-order valence-electron chi connectivity index (χ3n) is 2.53. The lowest BCUT2D eigenvalue weighted by atomic mass is 10.3. The summed E-state index contributed by atoms with van der Waals surface area (Å²) in [6.45, 7) is 7.17. The van der Waals surface area contributed by atoms with Gasteiger partial charge in [0.15, 0.2) is 0 Å². The normalized spacial score (nSPS) is 11.7. The highest BCUT2D eigenvalue weighted by Crippen LogP contribution is 2.19. The van der Waals surface area contributed by atoms with Crippen LogP contribution in [0, 0.1) is 0 Å². The summed E-state index contributed by atoms with van der Waals surface area (Å²) in [6.07, 6.45) is 0. The molecular formula is C12H20O3Si. The molecule has 0 fully saturated rings. The first kappa shape index (κ1) is 13.2. The van der Waals surface area contributed by atoms with Crippen molar-refractivity contribution < 1.29 is 14.0 Å². The number of phenolic OH excluding ortho intramolecular Hbond substituents is 1. The molecule has 0 aliphatic heterocycles. The van der Waals surface area contributed by atoms with E-state index in [0.717, 1.165) is 11.2 Å². The van der Waals surface area contributed by atoms with E-state index in [4.69, 9.17) is 8.85 Å². The quantitative estimate of drug-likeness (QED) is 0.774. The lowest BCUT2D eigenvalue weighted by molar-refractivity contribution is 0.196. The third-order valence-corrected chi connectivity index (χ3v) is 6.22. The van der Waals surface area contributed by atoms with Gasteiger partial charge in [0.1, 0.15) is 5.75 Å². The van der Waals surface area contributed by atoms with Crippen LogP contribution in [0.4, 0.5) is 0 Å². The van der Waals surface area contributed by atoms with Gasteiger partial charge < -0.3 is 14.0 Å². The molecule has 1 aromatic carbocycles. The zero-order valence-corrected chi connectivity index (χ0v) is 11.2. The highest BCUT2D eigenvalue weighted by molar-refractivity contribution is 6.81. The van der Waals surface area contributed by atoms with Gasteiger partial charge in [-0.1, -0.05) is 25.1 Å². The van der Waals surface area contributed by atoms with Crippen molar-refractivity contribution in [2.45, 2.75) is 26.8 Å². The summed E-state index contributed by atoms with van der Waals surface area (Å²) < 4.78 is 11.7. The predicted molar refractivity (Wildman–Crippen MR) is 67.2 cm³/mol. The van der Waals surface area contributed by atoms with Gasteiger partial charge in [-0.25, -0.2) is 0 Å². The highest BCUT2D eigenvalue weighted by atomic mass is 28.4. The van der Waals surface area contributed by atoms with Gasteiger partial charge in [0, 0.05) is 18.4 Å². The first-order valence-electron chi connectivity index (χ1n) is 5.76. The topological polar surface area (TPSA) is 38.7 Å². The Morgan fingerprint density at radius 2 is 1.62 bits per heavy atom. The fraction of sp³-hybridized carbons (Fsp3) is 0.500. The summed E-state index contributed by atoms with van der Waals surface area (Å²) in [5.41, 5.74) is 0. The molecule has 3 nitrogen and oxygen atoms in total. The summed E-state index contributed by atoms with van der Waals surface area (Å²) in [5.74, 6) is 0.276. The van der Waals surface area contributed by atoms with Gasteiger partial charge in [-0.15, -0.1) is 0 Å². The number of hydrogen-bond acceptors (Lipinski definition) is 3. The molecule has 0 bridgehead atoms. The van der Waals surface area contributed by atoms with Crippen molar-refractivity contribution in [3.8, 4) is 5.75 Å². The molecule has 16 heavy (non-hydrogen) atoms. The first-order chi connectivity index (χ1) is 7.70. The van der Waals surface area contributed by atoms with Crippen LogP contribution in [0.15, 0.2) is 24.3 Å². The average molecular weight is 240 g/mol. The van der Waals surface area contributed by atoms with Gasteiger partial charge in [0.05, 0.1) is 0 Å². The highest BCUT2D eigenvalue weighted by Gasteiger charge is 2.39. The van der Waals surface area contributed by atoms with Crippen LogP contribution in [0.3, 0.4) is 0 Å². The van der Waals surface area contributed by atoms with E-state index >= 15 is 0 Å². The molecule has 90 valence electrons. The van der Waals surface area contributed by atoms with Crippen molar-refractivity contribution in [3.05, 3.63) is 24.3 Å². The molecule has 0 aliphatic rings. The molecule has 0 saturated carbocycles. The summed E-state index contributed by atoms with van der Waals surface area (Å²) in [7, 11) is -2.44. The van der Waals surface area contributed by atoms with E-state index in [1.165, 1.54) is 0 Å². The Hall–Kier alpha value is -0.843. The fourth-order valence-corrected chi connectivity index (χ4v) is 4.79. The molecule has 1 N–H and O–H groups in total. The van der Waals surface area contributed by atoms with Crippen molar-refractivity contribution in [2.75, 3.05) is 13.2 Å². The smallest absolute Gasteiger partial charge is 0.375 e. The number of aromatic hydroxyl groups is 1. The van der Waals surface area contributed by atoms with Gasteiger partial charge in [0.2, 0.25) is 0 Å². The van der Waals surface area contributed by atoms with Gasteiger partial charge in [-0.05, 0) is 26.0 Å². The second kappa shape index (κ2) is 6.03. The van der Waals surface area contributed by atoms with Crippen molar-refractivity contribution in [1.82, 2.24) is 0 Å². The molecule has 0 spiro atoms. The molecule has 0 amide bonds. The second-order valence-corrected chi connectivity index (χ2v) is 6.82. The van der Waals surface area contributed by atoms with E-state index in [-0.39, 0.29) is 5.75 Å². The minimum Gasteiger partial charge on any atom is -0.508 e. The number of hydrogen-bond donors (Lipinski definition) is 1. The van der Waals surface area contributed by atoms with Crippen LogP contribution in [-0.4, -0.2) is 26.9 Å². The summed E-state index contributed by atoms with van der Waals surface area (Å²) in [5, 5.41) is 10.7. The van der Waals surface area contributed by atoms with E-state index in [1.807, 2.05) is 39.0 Å². The fourth-order valence-electron chi connectivity index (χ4n) is 1.85. The Bertz CT molecular complexity index is 322. The Morgan fingerprint density at radius 1 is 1.06 bits per heavy atom. The van der Waals surface area contributed by atoms with Crippen molar-refractivity contribution in [3.63, 3.8) is 0 Å². The maximum Gasteiger partial charge on any atom is 0.375 e. The van der Waals surface area contributed by atoms with Crippen LogP contribution in [0.1, 0.15) is 20.8 Å². The lowest BCUT2D eigenvalue weighted by Crippen LogP contribution is -2.53. The van der Waals surface area contributed by atoms with Crippen molar-refractivity contribution in [1.29, 1.82) is 0 Å². The van der Waals surface area contributed by atoms with Crippen LogP contribution < -0.4 is 5.19 Å². The van der Waals surface area contributed by atoms with Crippen LogP contribution in [0.5, 0.6) is 5.75 Å². The number of para-hydroxylation sites is 1. The third kappa shape index (κ3) is 2.64. The van der Waals surface area contributed by atoms with Crippen molar-refractivity contribution in [2.24, 2.45) is 0 Å². The van der Waals surface area contributed by atoms with Gasteiger partial charge >= 0.3 is 8.56 Å². The molecular weight excluding hydrogens is 220 g/mol. The zero-order valence-electron chi connectivity index (χ0n) is 10.2. The minimum atomic E-state index is -2.44. The van der Waals surface area contributed by atoms with Crippen LogP contribution in [-0.2, 0) is 8.85 Å². The van der Waals surface area contributed by atoms with Crippen LogP contribution >= 0.6 is 0 Å². The number of phenols is 1. The molecule has 0 radical (unpaired) electrons. The number of benzene rings is 1. The molecule has 0 aliphatic carbocycles.